The van der Waals surface area contributed by atoms with Gasteiger partial charge in [0.25, 0.3) is 0 Å². The molecule has 1 N–H and O–H groups in total. The van der Waals surface area contributed by atoms with Crippen molar-refractivity contribution < 1.29 is 0 Å². The van der Waals surface area contributed by atoms with Gasteiger partial charge in [-0.2, -0.15) is 0 Å². The summed E-state index contributed by atoms with van der Waals surface area (Å²) in [5.74, 6) is 1.05. The molecule has 3 rings (SSSR count). The number of benzene rings is 1. The highest BCUT2D eigenvalue weighted by Crippen LogP contribution is 2.21. The van der Waals surface area contributed by atoms with Crippen molar-refractivity contribution in [2.75, 3.05) is 5.32 Å². The number of hydrogen-bond acceptors (Lipinski definition) is 3. The molecule has 0 amide bonds. The lowest BCUT2D eigenvalue weighted by atomic mass is 10.3. The first-order valence-corrected chi connectivity index (χ1v) is 7.87. The van der Waals surface area contributed by atoms with E-state index in [1.54, 1.807) is 6.20 Å². The first-order valence-electron chi connectivity index (χ1n) is 7.08. The second-order valence-corrected chi connectivity index (χ2v) is 5.61. The summed E-state index contributed by atoms with van der Waals surface area (Å²) in [6.07, 6.45) is 2.85. The molecule has 3 aromatic rings. The summed E-state index contributed by atoms with van der Waals surface area (Å²) in [5, 5.41) is 3.40. The van der Waals surface area contributed by atoms with Crippen LogP contribution < -0.4 is 5.32 Å². The van der Waals surface area contributed by atoms with Gasteiger partial charge in [0.05, 0.1) is 23.3 Å². The number of aromatic nitrogens is 3. The normalized spacial score (nSPS) is 11.0. The minimum absolute atomic E-state index is 0.680. The number of anilines is 1. The van der Waals surface area contributed by atoms with Crippen molar-refractivity contribution in [3.8, 4) is 0 Å². The number of fused-ring (bicyclic) bond motifs is 1. The molecule has 1 aromatic carbocycles. The van der Waals surface area contributed by atoms with Gasteiger partial charge in [-0.15, -0.1) is 0 Å². The van der Waals surface area contributed by atoms with Gasteiger partial charge in [-0.25, -0.2) is 9.97 Å². The highest BCUT2D eigenvalue weighted by Gasteiger charge is 2.10. The molecular weight excluding hydrogens is 328 g/mol. The molecule has 21 heavy (non-hydrogen) atoms. The average molecular weight is 345 g/mol. The van der Waals surface area contributed by atoms with E-state index >= 15 is 0 Å². The Morgan fingerprint density at radius 3 is 2.86 bits per heavy atom. The lowest BCUT2D eigenvalue weighted by Gasteiger charge is -2.10. The topological polar surface area (TPSA) is 42.7 Å². The van der Waals surface area contributed by atoms with E-state index in [1.807, 2.05) is 18.2 Å². The Kier molecular flexibility index (Phi) is 4.20. The second-order valence-electron chi connectivity index (χ2n) is 4.86. The van der Waals surface area contributed by atoms with Gasteiger partial charge in [0.1, 0.15) is 10.4 Å². The van der Waals surface area contributed by atoms with Crippen molar-refractivity contribution in [3.63, 3.8) is 0 Å². The molecular formula is C16H17BrN4. The Morgan fingerprint density at radius 1 is 1.19 bits per heavy atom. The molecule has 4 nitrogen and oxygen atoms in total. The predicted octanol–water partition coefficient (Wildman–Crippen LogP) is 4.22. The maximum absolute atomic E-state index is 4.74. The molecule has 2 aromatic heterocycles. The van der Waals surface area contributed by atoms with E-state index in [0.717, 1.165) is 34.6 Å². The Bertz CT molecular complexity index is 751. The molecule has 0 saturated carbocycles. The average Bonchev–Trinajstić information content (AvgIpc) is 2.85. The lowest BCUT2D eigenvalue weighted by Crippen LogP contribution is -2.09. The van der Waals surface area contributed by atoms with Crippen molar-refractivity contribution in [1.82, 2.24) is 14.5 Å². The fraction of sp³-hybridized carbons (Fsp3) is 0.250. The number of para-hydroxylation sites is 2. The van der Waals surface area contributed by atoms with Crippen LogP contribution in [0.3, 0.4) is 0 Å². The van der Waals surface area contributed by atoms with Crippen LogP contribution in [-0.4, -0.2) is 14.5 Å². The number of hydrogen-bond donors (Lipinski definition) is 1. The minimum Gasteiger partial charge on any atom is -0.376 e. The smallest absolute Gasteiger partial charge is 0.129 e. The molecule has 5 heteroatoms. The van der Waals surface area contributed by atoms with E-state index in [4.69, 9.17) is 4.98 Å². The molecule has 0 spiro atoms. The Labute approximate surface area is 132 Å². The Balaban J connectivity index is 1.89. The molecule has 0 saturated heterocycles. The number of nitrogens with one attached hydrogen (secondary N) is 1. The maximum Gasteiger partial charge on any atom is 0.129 e. The minimum atomic E-state index is 0.680. The standard InChI is InChI=1S/C16H17BrN4/c1-2-10-21-14-8-4-3-6-12(14)20-15(21)11-19-13-7-5-9-18-16(13)17/h3-9,19H,2,10-11H2,1H3. The predicted molar refractivity (Wildman–Crippen MR) is 89.3 cm³/mol. The summed E-state index contributed by atoms with van der Waals surface area (Å²) in [4.78, 5) is 8.96. The number of imidazole rings is 1. The highest BCUT2D eigenvalue weighted by atomic mass is 79.9. The van der Waals surface area contributed by atoms with Crippen molar-refractivity contribution in [2.45, 2.75) is 26.4 Å². The first kappa shape index (κ1) is 14.1. The van der Waals surface area contributed by atoms with Crippen LogP contribution in [0.1, 0.15) is 19.2 Å². The summed E-state index contributed by atoms with van der Waals surface area (Å²) < 4.78 is 3.11. The maximum atomic E-state index is 4.74. The van der Waals surface area contributed by atoms with E-state index in [2.05, 4.69) is 55.9 Å². The first-order chi connectivity index (χ1) is 10.3. The van der Waals surface area contributed by atoms with Crippen LogP contribution in [0.5, 0.6) is 0 Å². The number of halogens is 1. The van der Waals surface area contributed by atoms with Crippen molar-refractivity contribution in [2.24, 2.45) is 0 Å². The third kappa shape index (κ3) is 2.93. The summed E-state index contributed by atoms with van der Waals surface area (Å²) in [5.41, 5.74) is 3.22. The van der Waals surface area contributed by atoms with Crippen LogP contribution in [0.25, 0.3) is 11.0 Å². The lowest BCUT2D eigenvalue weighted by molar-refractivity contribution is 0.661. The van der Waals surface area contributed by atoms with Crippen LogP contribution in [0.2, 0.25) is 0 Å². The fourth-order valence-corrected chi connectivity index (χ4v) is 2.82. The van der Waals surface area contributed by atoms with Crippen LogP contribution in [0.15, 0.2) is 47.2 Å². The van der Waals surface area contributed by atoms with Crippen LogP contribution in [-0.2, 0) is 13.1 Å². The molecule has 0 aliphatic carbocycles. The van der Waals surface area contributed by atoms with Crippen LogP contribution in [0, 0.1) is 0 Å². The van der Waals surface area contributed by atoms with Crippen molar-refractivity contribution in [1.29, 1.82) is 0 Å². The molecule has 0 unspecified atom stereocenters. The van der Waals surface area contributed by atoms with E-state index in [9.17, 15) is 0 Å². The van der Waals surface area contributed by atoms with Crippen molar-refractivity contribution >= 4 is 32.7 Å². The third-order valence-corrected chi connectivity index (χ3v) is 4.01. The molecule has 0 radical (unpaired) electrons. The molecule has 0 aliphatic heterocycles. The Hall–Kier alpha value is -1.88. The third-order valence-electron chi connectivity index (χ3n) is 3.38. The summed E-state index contributed by atoms with van der Waals surface area (Å²) in [6, 6.07) is 12.2. The zero-order chi connectivity index (χ0) is 14.7. The largest absolute Gasteiger partial charge is 0.376 e. The molecule has 0 bridgehead atoms. The molecule has 0 fully saturated rings. The number of aryl methyl sites for hydroxylation is 1. The van der Waals surface area contributed by atoms with Gasteiger partial charge >= 0.3 is 0 Å². The van der Waals surface area contributed by atoms with E-state index in [-0.39, 0.29) is 0 Å². The van der Waals surface area contributed by atoms with Gasteiger partial charge in [0, 0.05) is 12.7 Å². The second kappa shape index (κ2) is 6.26. The quantitative estimate of drug-likeness (QED) is 0.704. The summed E-state index contributed by atoms with van der Waals surface area (Å²) in [7, 11) is 0. The number of rotatable bonds is 5. The monoisotopic (exact) mass is 344 g/mol. The Morgan fingerprint density at radius 2 is 2.05 bits per heavy atom. The van der Waals surface area contributed by atoms with Gasteiger partial charge in [-0.1, -0.05) is 19.1 Å². The molecule has 0 atom stereocenters. The van der Waals surface area contributed by atoms with Gasteiger partial charge in [-0.05, 0) is 46.6 Å². The number of pyridine rings is 1. The van der Waals surface area contributed by atoms with Gasteiger partial charge in [0.15, 0.2) is 0 Å². The summed E-state index contributed by atoms with van der Waals surface area (Å²) >= 11 is 3.45. The van der Waals surface area contributed by atoms with Crippen LogP contribution in [0.4, 0.5) is 5.69 Å². The van der Waals surface area contributed by atoms with E-state index in [0.29, 0.717) is 6.54 Å². The highest BCUT2D eigenvalue weighted by molar-refractivity contribution is 9.10. The van der Waals surface area contributed by atoms with Gasteiger partial charge in [-0.3, -0.25) is 0 Å². The molecule has 2 heterocycles. The van der Waals surface area contributed by atoms with E-state index in [1.165, 1.54) is 5.52 Å². The zero-order valence-corrected chi connectivity index (χ0v) is 13.5. The van der Waals surface area contributed by atoms with Gasteiger partial charge < -0.3 is 9.88 Å². The van der Waals surface area contributed by atoms with Gasteiger partial charge in [0.2, 0.25) is 0 Å². The number of nitrogens with zero attached hydrogens (tertiary/aromatic N) is 3. The zero-order valence-electron chi connectivity index (χ0n) is 11.9. The molecule has 0 aliphatic rings. The van der Waals surface area contributed by atoms with E-state index < -0.39 is 0 Å². The summed E-state index contributed by atoms with van der Waals surface area (Å²) in [6.45, 7) is 3.84. The fourth-order valence-electron chi connectivity index (χ4n) is 2.43. The SMILES string of the molecule is CCCn1c(CNc2cccnc2Br)nc2ccccc21. The molecule has 108 valence electrons. The van der Waals surface area contributed by atoms with Crippen LogP contribution >= 0.6 is 15.9 Å². The van der Waals surface area contributed by atoms with Crippen molar-refractivity contribution in [3.05, 3.63) is 53.0 Å².